The second kappa shape index (κ2) is 8.39. The Bertz CT molecular complexity index is 948. The quantitative estimate of drug-likeness (QED) is 0.701. The number of ketones is 1. The Kier molecular flexibility index (Phi) is 6.47. The van der Waals surface area contributed by atoms with Crippen molar-refractivity contribution in [3.63, 3.8) is 0 Å². The number of carbonyl (C=O) groups excluding carboxylic acids is 2. The van der Waals surface area contributed by atoms with Crippen LogP contribution in [0, 0.1) is 5.82 Å². The lowest BCUT2D eigenvalue weighted by atomic mass is 10.2. The first kappa shape index (κ1) is 20.0. The van der Waals surface area contributed by atoms with Gasteiger partial charge in [-0.2, -0.15) is 0 Å². The molecular weight excluding hydrogens is 383 g/mol. The summed E-state index contributed by atoms with van der Waals surface area (Å²) < 4.78 is 39.8. The van der Waals surface area contributed by atoms with Crippen molar-refractivity contribution in [1.82, 2.24) is 4.72 Å². The van der Waals surface area contributed by atoms with Gasteiger partial charge in [-0.05, 0) is 37.3 Å². The van der Waals surface area contributed by atoms with Gasteiger partial charge in [0.25, 0.3) is 0 Å². The number of rotatable bonds is 7. The summed E-state index contributed by atoms with van der Waals surface area (Å²) >= 11 is 5.62. The Morgan fingerprint density at radius 2 is 1.88 bits per heavy atom. The minimum atomic E-state index is -3.85. The van der Waals surface area contributed by atoms with Crippen LogP contribution in [-0.2, 0) is 14.8 Å². The van der Waals surface area contributed by atoms with Crippen LogP contribution >= 0.6 is 11.6 Å². The van der Waals surface area contributed by atoms with E-state index in [0.29, 0.717) is 5.69 Å². The third kappa shape index (κ3) is 5.35. The predicted octanol–water partition coefficient (Wildman–Crippen LogP) is 2.99. The van der Waals surface area contributed by atoms with E-state index < -0.39 is 21.7 Å². The van der Waals surface area contributed by atoms with Gasteiger partial charge in [0, 0.05) is 24.2 Å². The SMILES string of the molecule is CC(=O)c1cccc(S(=O)(=O)NCCC(=O)Nc2ccc(F)c(Cl)c2)c1. The van der Waals surface area contributed by atoms with Gasteiger partial charge in [0.2, 0.25) is 15.9 Å². The fourth-order valence-electron chi connectivity index (χ4n) is 2.06. The highest BCUT2D eigenvalue weighted by Gasteiger charge is 2.15. The highest BCUT2D eigenvalue weighted by Crippen LogP contribution is 2.19. The Morgan fingerprint density at radius 3 is 2.54 bits per heavy atom. The van der Waals surface area contributed by atoms with Gasteiger partial charge >= 0.3 is 0 Å². The Morgan fingerprint density at radius 1 is 1.15 bits per heavy atom. The summed E-state index contributed by atoms with van der Waals surface area (Å²) in [5.74, 6) is -1.32. The fourth-order valence-corrected chi connectivity index (χ4v) is 3.32. The van der Waals surface area contributed by atoms with Crippen LogP contribution in [0.4, 0.5) is 10.1 Å². The number of benzene rings is 2. The Labute approximate surface area is 155 Å². The predicted molar refractivity (Wildman–Crippen MR) is 96.3 cm³/mol. The van der Waals surface area contributed by atoms with Crippen molar-refractivity contribution >= 4 is 39.0 Å². The molecule has 6 nitrogen and oxygen atoms in total. The highest BCUT2D eigenvalue weighted by atomic mass is 35.5. The van der Waals surface area contributed by atoms with Gasteiger partial charge in [-0.1, -0.05) is 23.7 Å². The molecule has 0 aliphatic rings. The number of Topliss-reactive ketones (excluding diaryl/α,β-unsaturated/α-hetero) is 1. The van der Waals surface area contributed by atoms with E-state index in [1.165, 1.54) is 43.3 Å². The molecule has 0 saturated heterocycles. The summed E-state index contributed by atoms with van der Waals surface area (Å²) in [7, 11) is -3.85. The molecule has 0 aliphatic heterocycles. The fraction of sp³-hybridized carbons (Fsp3) is 0.176. The summed E-state index contributed by atoms with van der Waals surface area (Å²) in [6.07, 6.45) is -0.138. The van der Waals surface area contributed by atoms with Crippen LogP contribution in [-0.4, -0.2) is 26.7 Å². The number of sulfonamides is 1. The van der Waals surface area contributed by atoms with Crippen LogP contribution in [0.5, 0.6) is 0 Å². The van der Waals surface area contributed by atoms with E-state index in [2.05, 4.69) is 10.0 Å². The van der Waals surface area contributed by atoms with Gasteiger partial charge in [-0.25, -0.2) is 17.5 Å². The average molecular weight is 399 g/mol. The largest absolute Gasteiger partial charge is 0.326 e. The first-order chi connectivity index (χ1) is 12.2. The second-order valence-electron chi connectivity index (χ2n) is 5.41. The zero-order valence-corrected chi connectivity index (χ0v) is 15.3. The van der Waals surface area contributed by atoms with Crippen molar-refractivity contribution in [2.45, 2.75) is 18.2 Å². The first-order valence-electron chi connectivity index (χ1n) is 7.54. The number of hydrogen-bond donors (Lipinski definition) is 2. The summed E-state index contributed by atoms with van der Waals surface area (Å²) in [5, 5.41) is 2.36. The molecule has 2 aromatic rings. The number of amides is 1. The van der Waals surface area contributed by atoms with Crippen LogP contribution in [0.3, 0.4) is 0 Å². The minimum Gasteiger partial charge on any atom is -0.326 e. The normalized spacial score (nSPS) is 11.2. The van der Waals surface area contributed by atoms with E-state index in [1.54, 1.807) is 0 Å². The van der Waals surface area contributed by atoms with E-state index in [-0.39, 0.29) is 34.2 Å². The lowest BCUT2D eigenvalue weighted by Crippen LogP contribution is -2.28. The smallest absolute Gasteiger partial charge is 0.240 e. The van der Waals surface area contributed by atoms with E-state index in [9.17, 15) is 22.4 Å². The molecule has 2 rings (SSSR count). The lowest BCUT2D eigenvalue weighted by Gasteiger charge is -2.09. The molecule has 2 N–H and O–H groups in total. The zero-order chi connectivity index (χ0) is 19.3. The molecule has 0 unspecified atom stereocenters. The van der Waals surface area contributed by atoms with Gasteiger partial charge in [-0.15, -0.1) is 0 Å². The van der Waals surface area contributed by atoms with Crippen molar-refractivity contribution < 1.29 is 22.4 Å². The van der Waals surface area contributed by atoms with Crippen LogP contribution in [0.25, 0.3) is 0 Å². The van der Waals surface area contributed by atoms with E-state index >= 15 is 0 Å². The first-order valence-corrected chi connectivity index (χ1v) is 9.41. The minimum absolute atomic E-state index is 0.0593. The van der Waals surface area contributed by atoms with Crippen LogP contribution in [0.15, 0.2) is 47.4 Å². The molecule has 0 spiro atoms. The molecular formula is C17H16ClFN2O4S. The van der Waals surface area contributed by atoms with Crippen molar-refractivity contribution in [1.29, 1.82) is 0 Å². The molecule has 0 fully saturated rings. The van der Waals surface area contributed by atoms with Crippen LogP contribution < -0.4 is 10.0 Å². The zero-order valence-electron chi connectivity index (χ0n) is 13.8. The maximum atomic E-state index is 13.1. The van der Waals surface area contributed by atoms with E-state index in [0.717, 1.165) is 6.07 Å². The molecule has 0 radical (unpaired) electrons. The maximum absolute atomic E-state index is 13.1. The van der Waals surface area contributed by atoms with E-state index in [4.69, 9.17) is 11.6 Å². The van der Waals surface area contributed by atoms with Crippen molar-refractivity contribution in [2.24, 2.45) is 0 Å². The second-order valence-corrected chi connectivity index (χ2v) is 7.58. The topological polar surface area (TPSA) is 92.3 Å². The number of nitrogens with one attached hydrogen (secondary N) is 2. The lowest BCUT2D eigenvalue weighted by molar-refractivity contribution is -0.116. The van der Waals surface area contributed by atoms with Gasteiger partial charge in [0.15, 0.2) is 5.78 Å². The van der Waals surface area contributed by atoms with Gasteiger partial charge < -0.3 is 5.32 Å². The number of carbonyl (C=O) groups is 2. The van der Waals surface area contributed by atoms with Gasteiger partial charge in [0.05, 0.1) is 9.92 Å². The molecule has 0 saturated carbocycles. The molecule has 1 amide bonds. The number of halogens is 2. The standard InChI is InChI=1S/C17H16ClFN2O4S/c1-11(22)12-3-2-4-14(9-12)26(24,25)20-8-7-17(23)21-13-5-6-16(19)15(18)10-13/h2-6,9-10,20H,7-8H2,1H3,(H,21,23). The molecule has 138 valence electrons. The molecule has 0 heterocycles. The molecule has 0 aliphatic carbocycles. The molecule has 0 bridgehead atoms. The van der Waals surface area contributed by atoms with Crippen molar-refractivity contribution in [2.75, 3.05) is 11.9 Å². The summed E-state index contributed by atoms with van der Waals surface area (Å²) in [6.45, 7) is 1.19. The average Bonchev–Trinajstić information content (AvgIpc) is 2.58. The molecule has 26 heavy (non-hydrogen) atoms. The van der Waals surface area contributed by atoms with Crippen LogP contribution in [0.1, 0.15) is 23.7 Å². The third-order valence-corrected chi connectivity index (χ3v) is 5.15. The summed E-state index contributed by atoms with van der Waals surface area (Å²) in [5.41, 5.74) is 0.581. The Balaban J connectivity index is 1.93. The third-order valence-electron chi connectivity index (χ3n) is 3.40. The van der Waals surface area contributed by atoms with Crippen molar-refractivity contribution in [3.05, 3.63) is 58.9 Å². The summed E-state index contributed by atoms with van der Waals surface area (Å²) in [4.78, 5) is 23.1. The van der Waals surface area contributed by atoms with Gasteiger partial charge in [-0.3, -0.25) is 9.59 Å². The molecule has 2 aromatic carbocycles. The number of hydrogen-bond acceptors (Lipinski definition) is 4. The van der Waals surface area contributed by atoms with Crippen molar-refractivity contribution in [3.8, 4) is 0 Å². The van der Waals surface area contributed by atoms with Crippen LogP contribution in [0.2, 0.25) is 5.02 Å². The van der Waals surface area contributed by atoms with Gasteiger partial charge in [0.1, 0.15) is 5.82 Å². The molecule has 0 atom stereocenters. The molecule has 9 heteroatoms. The maximum Gasteiger partial charge on any atom is 0.240 e. The summed E-state index contributed by atoms with van der Waals surface area (Å²) in [6, 6.07) is 9.32. The number of anilines is 1. The monoisotopic (exact) mass is 398 g/mol. The van der Waals surface area contributed by atoms with E-state index in [1.807, 2.05) is 0 Å². The Hall–Kier alpha value is -2.29. The highest BCUT2D eigenvalue weighted by molar-refractivity contribution is 7.89. The molecule has 0 aromatic heterocycles.